The van der Waals surface area contributed by atoms with Crippen molar-refractivity contribution in [2.45, 2.75) is 31.8 Å². The topological polar surface area (TPSA) is 23.5 Å². The highest BCUT2D eigenvalue weighted by molar-refractivity contribution is 7.16. The maximum Gasteiger partial charge on any atom is 0.0931 e. The lowest BCUT2D eigenvalue weighted by molar-refractivity contribution is -0.0328. The largest absolute Gasteiger partial charge is 0.385 e. The molecule has 0 bridgehead atoms. The molecule has 0 saturated carbocycles. The Morgan fingerprint density at radius 3 is 2.38 bits per heavy atom. The molecule has 1 fully saturated rings. The number of likely N-dealkylation sites (tertiary alicyclic amines) is 1. The van der Waals surface area contributed by atoms with E-state index in [1.54, 1.807) is 11.3 Å². The van der Waals surface area contributed by atoms with Gasteiger partial charge in [-0.1, -0.05) is 35.3 Å². The predicted octanol–water partition coefficient (Wildman–Crippen LogP) is 5.22. The van der Waals surface area contributed by atoms with Crippen LogP contribution in [0.5, 0.6) is 0 Å². The van der Waals surface area contributed by atoms with Gasteiger partial charge in [0.15, 0.2) is 0 Å². The van der Waals surface area contributed by atoms with Gasteiger partial charge in [-0.2, -0.15) is 0 Å². The first-order valence-electron chi connectivity index (χ1n) is 8.40. The molecule has 24 heavy (non-hydrogen) atoms. The highest BCUT2D eigenvalue weighted by Crippen LogP contribution is 2.36. The van der Waals surface area contributed by atoms with E-state index in [9.17, 15) is 5.11 Å². The molecule has 1 aromatic carbocycles. The molecule has 1 saturated heterocycles. The van der Waals surface area contributed by atoms with Crippen molar-refractivity contribution in [1.82, 2.24) is 4.90 Å². The van der Waals surface area contributed by atoms with Gasteiger partial charge >= 0.3 is 0 Å². The molecule has 1 atom stereocenters. The number of aliphatic hydroxyl groups is 1. The Hall–Kier alpha value is -0.580. The first-order valence-corrected chi connectivity index (χ1v) is 9.97. The minimum absolute atomic E-state index is 0.283. The summed E-state index contributed by atoms with van der Waals surface area (Å²) in [7, 11) is 0. The number of piperidine rings is 1. The summed E-state index contributed by atoms with van der Waals surface area (Å²) in [6.45, 7) is 5.07. The van der Waals surface area contributed by atoms with Crippen LogP contribution < -0.4 is 0 Å². The molecule has 130 valence electrons. The molecule has 0 amide bonds. The van der Waals surface area contributed by atoms with Crippen molar-refractivity contribution in [3.63, 3.8) is 0 Å². The van der Waals surface area contributed by atoms with Crippen molar-refractivity contribution in [3.05, 3.63) is 56.2 Å². The van der Waals surface area contributed by atoms with Crippen LogP contribution in [0, 0.1) is 5.92 Å². The van der Waals surface area contributed by atoms with Crippen LogP contribution >= 0.6 is 34.5 Å². The average molecular weight is 384 g/mol. The molecule has 0 aliphatic carbocycles. The molecule has 1 aromatic heterocycles. The van der Waals surface area contributed by atoms with Gasteiger partial charge < -0.3 is 10.0 Å². The summed E-state index contributed by atoms with van der Waals surface area (Å²) >= 11 is 13.6. The molecule has 1 N–H and O–H groups in total. The minimum Gasteiger partial charge on any atom is -0.385 e. The van der Waals surface area contributed by atoms with Gasteiger partial charge in [-0.15, -0.1) is 11.3 Å². The lowest BCUT2D eigenvalue weighted by Crippen LogP contribution is -2.42. The fraction of sp³-hybridized carbons (Fsp3) is 0.474. The van der Waals surface area contributed by atoms with Crippen LogP contribution in [-0.4, -0.2) is 29.6 Å². The number of nitrogens with zero attached hydrogens (tertiary/aromatic N) is 1. The third-order valence-electron chi connectivity index (χ3n) is 5.11. The predicted molar refractivity (Wildman–Crippen MR) is 103 cm³/mol. The fourth-order valence-corrected chi connectivity index (χ4v) is 4.70. The second-order valence-corrected chi connectivity index (χ2v) is 8.96. The SMILES string of the molecule is CC(O)(c1ccc(Cl)cc1)C1CCN(CCc2ccc(Cl)s2)CC1. The Morgan fingerprint density at radius 2 is 1.79 bits per heavy atom. The molecule has 2 aromatic rings. The molecule has 2 nitrogen and oxygen atoms in total. The van der Waals surface area contributed by atoms with Crippen molar-refractivity contribution >= 4 is 34.5 Å². The molecule has 5 heteroatoms. The zero-order chi connectivity index (χ0) is 17.2. The van der Waals surface area contributed by atoms with Crippen LogP contribution in [0.1, 0.15) is 30.2 Å². The van der Waals surface area contributed by atoms with Gasteiger partial charge in [0.25, 0.3) is 0 Å². The van der Waals surface area contributed by atoms with Crippen molar-refractivity contribution < 1.29 is 5.11 Å². The van der Waals surface area contributed by atoms with E-state index in [0.717, 1.165) is 48.8 Å². The van der Waals surface area contributed by atoms with E-state index in [1.807, 2.05) is 37.3 Å². The number of benzene rings is 1. The Balaban J connectivity index is 1.53. The number of hydrogen-bond acceptors (Lipinski definition) is 3. The molecule has 0 radical (unpaired) electrons. The van der Waals surface area contributed by atoms with E-state index < -0.39 is 5.60 Å². The first kappa shape index (κ1) is 18.2. The molecule has 1 aliphatic heterocycles. The van der Waals surface area contributed by atoms with Gasteiger partial charge in [-0.3, -0.25) is 0 Å². The van der Waals surface area contributed by atoms with E-state index >= 15 is 0 Å². The molecule has 0 spiro atoms. The Morgan fingerprint density at radius 1 is 1.12 bits per heavy atom. The van der Waals surface area contributed by atoms with Gasteiger partial charge in [0.2, 0.25) is 0 Å². The zero-order valence-corrected chi connectivity index (χ0v) is 16.2. The minimum atomic E-state index is -0.794. The van der Waals surface area contributed by atoms with Crippen LogP contribution in [0.2, 0.25) is 9.36 Å². The average Bonchev–Trinajstić information content (AvgIpc) is 2.99. The highest BCUT2D eigenvalue weighted by atomic mass is 35.5. The quantitative estimate of drug-likeness (QED) is 0.764. The van der Waals surface area contributed by atoms with E-state index in [2.05, 4.69) is 11.0 Å². The Labute approximate surface area is 158 Å². The van der Waals surface area contributed by atoms with Crippen LogP contribution in [0.25, 0.3) is 0 Å². The first-order chi connectivity index (χ1) is 11.4. The van der Waals surface area contributed by atoms with Gasteiger partial charge in [-0.25, -0.2) is 0 Å². The lowest BCUT2D eigenvalue weighted by Gasteiger charge is -2.40. The maximum atomic E-state index is 11.0. The van der Waals surface area contributed by atoms with Crippen molar-refractivity contribution in [2.75, 3.05) is 19.6 Å². The standard InChI is InChI=1S/C19H23Cl2NOS/c1-19(23,14-2-4-16(20)5-3-14)15-8-11-22(12-9-15)13-10-17-6-7-18(21)24-17/h2-7,15,23H,8-13H2,1H3. The maximum absolute atomic E-state index is 11.0. The van der Waals surface area contributed by atoms with Gasteiger partial charge in [-0.05, 0) is 75.0 Å². The number of hydrogen-bond donors (Lipinski definition) is 1. The second-order valence-electron chi connectivity index (χ2n) is 6.73. The summed E-state index contributed by atoms with van der Waals surface area (Å²) in [5.41, 5.74) is 0.163. The van der Waals surface area contributed by atoms with Crippen molar-refractivity contribution in [2.24, 2.45) is 5.92 Å². The highest BCUT2D eigenvalue weighted by Gasteiger charge is 2.35. The fourth-order valence-electron chi connectivity index (χ4n) is 3.50. The Kier molecular flexibility index (Phi) is 5.89. The van der Waals surface area contributed by atoms with Gasteiger partial charge in [0.1, 0.15) is 0 Å². The molecule has 2 heterocycles. The summed E-state index contributed by atoms with van der Waals surface area (Å²) in [5, 5.41) is 11.7. The van der Waals surface area contributed by atoms with Crippen LogP contribution in [0.3, 0.4) is 0 Å². The van der Waals surface area contributed by atoms with Gasteiger partial charge in [0, 0.05) is 16.4 Å². The summed E-state index contributed by atoms with van der Waals surface area (Å²) in [6, 6.07) is 11.7. The van der Waals surface area contributed by atoms with Crippen LogP contribution in [-0.2, 0) is 12.0 Å². The summed E-state index contributed by atoms with van der Waals surface area (Å²) in [4.78, 5) is 3.83. The number of rotatable bonds is 5. The lowest BCUT2D eigenvalue weighted by atomic mass is 9.77. The van der Waals surface area contributed by atoms with Gasteiger partial charge in [0.05, 0.1) is 9.94 Å². The van der Waals surface area contributed by atoms with E-state index in [0.29, 0.717) is 5.02 Å². The van der Waals surface area contributed by atoms with Crippen molar-refractivity contribution in [3.8, 4) is 0 Å². The van der Waals surface area contributed by atoms with E-state index in [-0.39, 0.29) is 5.92 Å². The number of thiophene rings is 1. The third-order valence-corrected chi connectivity index (χ3v) is 6.66. The number of halogens is 2. The zero-order valence-electron chi connectivity index (χ0n) is 13.8. The third kappa shape index (κ3) is 4.33. The normalized spacial score (nSPS) is 19.3. The monoisotopic (exact) mass is 383 g/mol. The summed E-state index contributed by atoms with van der Waals surface area (Å²) < 4.78 is 0.864. The molecule has 3 rings (SSSR count). The summed E-state index contributed by atoms with van der Waals surface area (Å²) in [6.07, 6.45) is 3.08. The summed E-state index contributed by atoms with van der Waals surface area (Å²) in [5.74, 6) is 0.283. The van der Waals surface area contributed by atoms with Crippen molar-refractivity contribution in [1.29, 1.82) is 0 Å². The van der Waals surface area contributed by atoms with E-state index in [4.69, 9.17) is 23.2 Å². The second kappa shape index (κ2) is 7.76. The smallest absolute Gasteiger partial charge is 0.0931 e. The molecule has 1 aliphatic rings. The van der Waals surface area contributed by atoms with Crippen LogP contribution in [0.4, 0.5) is 0 Å². The van der Waals surface area contributed by atoms with Crippen LogP contribution in [0.15, 0.2) is 36.4 Å². The molecular formula is C19H23Cl2NOS. The molecule has 1 unspecified atom stereocenters. The molecular weight excluding hydrogens is 361 g/mol. The Bertz CT molecular complexity index is 660. The van der Waals surface area contributed by atoms with E-state index in [1.165, 1.54) is 4.88 Å².